The molecule has 0 bridgehead atoms. The van der Waals surface area contributed by atoms with Gasteiger partial charge in [-0.05, 0) is 25.3 Å². The third-order valence-electron chi connectivity index (χ3n) is 2.63. The van der Waals surface area contributed by atoms with Crippen LogP contribution < -0.4 is 0 Å². The minimum atomic E-state index is 0.454. The van der Waals surface area contributed by atoms with Crippen LogP contribution in [0.4, 0.5) is 0 Å². The number of rotatable bonds is 5. The summed E-state index contributed by atoms with van der Waals surface area (Å²) in [5.74, 6) is 0.744. The van der Waals surface area contributed by atoms with Crippen LogP contribution in [0.25, 0.3) is 0 Å². The van der Waals surface area contributed by atoms with E-state index in [0.29, 0.717) is 6.10 Å². The summed E-state index contributed by atoms with van der Waals surface area (Å²) in [6, 6.07) is 0. The van der Waals surface area contributed by atoms with E-state index < -0.39 is 0 Å². The number of ether oxygens (including phenoxy) is 1. The minimum Gasteiger partial charge on any atom is -0.378 e. The van der Waals surface area contributed by atoms with Crippen LogP contribution in [0.15, 0.2) is 37.0 Å². The molecule has 1 rings (SSSR count). The van der Waals surface area contributed by atoms with Crippen molar-refractivity contribution in [3.63, 3.8) is 0 Å². The summed E-state index contributed by atoms with van der Waals surface area (Å²) in [5.41, 5.74) is 1.27. The van der Waals surface area contributed by atoms with Crippen molar-refractivity contribution >= 4 is 0 Å². The van der Waals surface area contributed by atoms with Gasteiger partial charge in [-0.25, -0.2) is 0 Å². The summed E-state index contributed by atoms with van der Waals surface area (Å²) in [5, 5.41) is 0. The van der Waals surface area contributed by atoms with Crippen LogP contribution in [0.1, 0.15) is 19.8 Å². The molecule has 13 heavy (non-hydrogen) atoms. The van der Waals surface area contributed by atoms with E-state index in [0.717, 1.165) is 18.9 Å². The van der Waals surface area contributed by atoms with Gasteiger partial charge in [0.1, 0.15) is 0 Å². The van der Waals surface area contributed by atoms with Gasteiger partial charge >= 0.3 is 0 Å². The highest BCUT2D eigenvalue weighted by Gasteiger charge is 2.26. The molecule has 0 aromatic rings. The van der Waals surface area contributed by atoms with Crippen molar-refractivity contribution in [1.82, 2.24) is 0 Å². The molecule has 0 aromatic carbocycles. The lowest BCUT2D eigenvalue weighted by Crippen LogP contribution is -2.36. The molecule has 0 spiro atoms. The zero-order valence-corrected chi connectivity index (χ0v) is 8.33. The molecule has 1 heterocycles. The molecule has 1 nitrogen and oxygen atoms in total. The van der Waals surface area contributed by atoms with Gasteiger partial charge in [-0.3, -0.25) is 0 Å². The largest absolute Gasteiger partial charge is 0.378 e. The second kappa shape index (κ2) is 5.03. The monoisotopic (exact) mass is 178 g/mol. The molecule has 0 radical (unpaired) electrons. The zero-order valence-electron chi connectivity index (χ0n) is 8.33. The third kappa shape index (κ3) is 2.85. The van der Waals surface area contributed by atoms with E-state index in [9.17, 15) is 0 Å². The van der Waals surface area contributed by atoms with Crippen LogP contribution in [0.2, 0.25) is 0 Å². The maximum Gasteiger partial charge on any atom is 0.0597 e. The first-order valence-electron chi connectivity index (χ1n) is 4.83. The van der Waals surface area contributed by atoms with Crippen LogP contribution in [0, 0.1) is 5.92 Å². The fourth-order valence-corrected chi connectivity index (χ4v) is 1.50. The van der Waals surface area contributed by atoms with E-state index >= 15 is 0 Å². The lowest BCUT2D eigenvalue weighted by Gasteiger charge is -2.34. The maximum atomic E-state index is 5.30. The van der Waals surface area contributed by atoms with Gasteiger partial charge < -0.3 is 4.74 Å². The average molecular weight is 178 g/mol. The number of allylic oxidation sites excluding steroid dienone is 4. The summed E-state index contributed by atoms with van der Waals surface area (Å²) in [6.07, 6.45) is 8.50. The van der Waals surface area contributed by atoms with Gasteiger partial charge in [0, 0.05) is 5.92 Å². The van der Waals surface area contributed by atoms with Crippen LogP contribution in [0.5, 0.6) is 0 Å². The SMILES string of the molecule is C=CC=C(C=C)CCC1COC1C. The highest BCUT2D eigenvalue weighted by atomic mass is 16.5. The van der Waals surface area contributed by atoms with Gasteiger partial charge in [0.05, 0.1) is 12.7 Å². The molecule has 0 aliphatic carbocycles. The second-order valence-electron chi connectivity index (χ2n) is 3.52. The smallest absolute Gasteiger partial charge is 0.0597 e. The highest BCUT2D eigenvalue weighted by Crippen LogP contribution is 2.26. The van der Waals surface area contributed by atoms with Gasteiger partial charge in [-0.15, -0.1) is 0 Å². The van der Waals surface area contributed by atoms with Gasteiger partial charge in [0.15, 0.2) is 0 Å². The lowest BCUT2D eigenvalue weighted by molar-refractivity contribution is -0.105. The van der Waals surface area contributed by atoms with E-state index in [4.69, 9.17) is 4.74 Å². The Labute approximate surface area is 80.8 Å². The standard InChI is InChI=1S/C12H18O/c1-4-6-11(5-2)7-8-12-9-13-10(12)3/h4-6,10,12H,1-2,7-9H2,3H3. The van der Waals surface area contributed by atoms with E-state index in [-0.39, 0.29) is 0 Å². The van der Waals surface area contributed by atoms with Crippen molar-refractivity contribution in [1.29, 1.82) is 0 Å². The van der Waals surface area contributed by atoms with Crippen LogP contribution in [-0.2, 0) is 4.74 Å². The first-order valence-corrected chi connectivity index (χ1v) is 4.83. The zero-order chi connectivity index (χ0) is 9.68. The Morgan fingerprint density at radius 3 is 2.69 bits per heavy atom. The van der Waals surface area contributed by atoms with Gasteiger partial charge in [0.25, 0.3) is 0 Å². The lowest BCUT2D eigenvalue weighted by atomic mass is 9.92. The number of hydrogen-bond donors (Lipinski definition) is 0. The minimum absolute atomic E-state index is 0.454. The summed E-state index contributed by atoms with van der Waals surface area (Å²) in [4.78, 5) is 0. The molecule has 1 aliphatic rings. The fraction of sp³-hybridized carbons (Fsp3) is 0.500. The Balaban J connectivity index is 2.27. The Morgan fingerprint density at radius 1 is 1.54 bits per heavy atom. The Morgan fingerprint density at radius 2 is 2.31 bits per heavy atom. The van der Waals surface area contributed by atoms with Crippen molar-refractivity contribution in [2.24, 2.45) is 5.92 Å². The molecule has 0 N–H and O–H groups in total. The van der Waals surface area contributed by atoms with Gasteiger partial charge in [-0.1, -0.05) is 31.4 Å². The molecule has 2 unspecified atom stereocenters. The summed E-state index contributed by atoms with van der Waals surface area (Å²) in [7, 11) is 0. The molecule has 2 atom stereocenters. The predicted octanol–water partition coefficient (Wildman–Crippen LogP) is 3.10. The fourth-order valence-electron chi connectivity index (χ4n) is 1.50. The number of hydrogen-bond acceptors (Lipinski definition) is 1. The van der Waals surface area contributed by atoms with Crippen molar-refractivity contribution in [3.05, 3.63) is 37.0 Å². The Kier molecular flexibility index (Phi) is 3.97. The average Bonchev–Trinajstić information content (AvgIpc) is 2.14. The second-order valence-corrected chi connectivity index (χ2v) is 3.52. The van der Waals surface area contributed by atoms with Crippen LogP contribution in [-0.4, -0.2) is 12.7 Å². The Hall–Kier alpha value is -0.820. The van der Waals surface area contributed by atoms with Crippen molar-refractivity contribution in [2.45, 2.75) is 25.9 Å². The quantitative estimate of drug-likeness (QED) is 0.588. The molecule has 0 saturated carbocycles. The summed E-state index contributed by atoms with van der Waals surface area (Å²) < 4.78 is 5.30. The first kappa shape index (κ1) is 10.3. The van der Waals surface area contributed by atoms with Crippen molar-refractivity contribution in [3.8, 4) is 0 Å². The van der Waals surface area contributed by atoms with Gasteiger partial charge in [-0.2, -0.15) is 0 Å². The molecule has 0 aromatic heterocycles. The molecule has 0 amide bonds. The van der Waals surface area contributed by atoms with Crippen LogP contribution in [0.3, 0.4) is 0 Å². The van der Waals surface area contributed by atoms with Crippen molar-refractivity contribution < 1.29 is 4.74 Å². The normalized spacial score (nSPS) is 27.9. The van der Waals surface area contributed by atoms with Crippen molar-refractivity contribution in [2.75, 3.05) is 6.61 Å². The third-order valence-corrected chi connectivity index (χ3v) is 2.63. The van der Waals surface area contributed by atoms with E-state index in [2.05, 4.69) is 20.1 Å². The van der Waals surface area contributed by atoms with Crippen LogP contribution >= 0.6 is 0 Å². The highest BCUT2D eigenvalue weighted by molar-refractivity contribution is 5.20. The first-order chi connectivity index (χ1) is 6.27. The molecule has 72 valence electrons. The molecule has 1 fully saturated rings. The topological polar surface area (TPSA) is 9.23 Å². The van der Waals surface area contributed by atoms with Gasteiger partial charge in [0.2, 0.25) is 0 Å². The predicted molar refractivity (Wildman–Crippen MR) is 56.6 cm³/mol. The summed E-state index contributed by atoms with van der Waals surface area (Å²) >= 11 is 0. The van der Waals surface area contributed by atoms with E-state index in [1.165, 1.54) is 12.0 Å². The van der Waals surface area contributed by atoms with E-state index in [1.807, 2.05) is 18.2 Å². The van der Waals surface area contributed by atoms with E-state index in [1.54, 1.807) is 0 Å². The molecular formula is C12H18O. The summed E-state index contributed by atoms with van der Waals surface area (Å²) in [6.45, 7) is 10.5. The maximum absolute atomic E-state index is 5.30. The molecule has 1 saturated heterocycles. The molecular weight excluding hydrogens is 160 g/mol. The molecule has 1 heteroatoms. The molecule has 1 aliphatic heterocycles. The Bertz CT molecular complexity index is 215.